The number of carbonyl (C=O) groups is 3. The molecule has 3 rings (SSSR count). The van der Waals surface area contributed by atoms with E-state index in [1.807, 2.05) is 19.1 Å². The molecule has 0 aliphatic carbocycles. The molecule has 0 unspecified atom stereocenters. The summed E-state index contributed by atoms with van der Waals surface area (Å²) in [5.41, 5.74) is 8.13. The lowest BCUT2D eigenvalue weighted by Crippen LogP contribution is -2.33. The first-order valence-corrected chi connectivity index (χ1v) is 9.47. The van der Waals surface area contributed by atoms with E-state index in [0.717, 1.165) is 11.3 Å². The highest BCUT2D eigenvalue weighted by Gasteiger charge is 2.15. The van der Waals surface area contributed by atoms with Crippen molar-refractivity contribution in [3.05, 3.63) is 82.1 Å². The summed E-state index contributed by atoms with van der Waals surface area (Å²) >= 11 is 6.03. The van der Waals surface area contributed by atoms with Crippen molar-refractivity contribution in [3.8, 4) is 5.69 Å². The Morgan fingerprint density at radius 2 is 1.80 bits per heavy atom. The molecule has 4 N–H and O–H groups in total. The molecular formula is C21H20ClN5O3. The number of carbonyl (C=O) groups excluding carboxylic acids is 3. The molecule has 0 radical (unpaired) electrons. The van der Waals surface area contributed by atoms with Crippen LogP contribution < -0.4 is 16.4 Å². The van der Waals surface area contributed by atoms with Crippen LogP contribution in [0.15, 0.2) is 54.7 Å². The summed E-state index contributed by atoms with van der Waals surface area (Å²) < 4.78 is 1.65. The second-order valence-corrected chi connectivity index (χ2v) is 7.00. The van der Waals surface area contributed by atoms with E-state index >= 15 is 0 Å². The quantitative estimate of drug-likeness (QED) is 0.536. The molecule has 3 aromatic rings. The number of aromatic nitrogens is 2. The lowest BCUT2D eigenvalue weighted by molar-refractivity contribution is -0.117. The van der Waals surface area contributed by atoms with Crippen LogP contribution in [0.2, 0.25) is 5.02 Å². The summed E-state index contributed by atoms with van der Waals surface area (Å²) in [4.78, 5) is 35.2. The maximum Gasteiger partial charge on any atom is 0.255 e. The number of hydrogen-bond acceptors (Lipinski definition) is 4. The Kier molecular flexibility index (Phi) is 6.48. The van der Waals surface area contributed by atoms with Crippen molar-refractivity contribution in [3.63, 3.8) is 0 Å². The van der Waals surface area contributed by atoms with E-state index in [1.54, 1.807) is 41.1 Å². The zero-order valence-corrected chi connectivity index (χ0v) is 16.9. The molecular weight excluding hydrogens is 406 g/mol. The van der Waals surface area contributed by atoms with Crippen LogP contribution in [0.3, 0.4) is 0 Å². The van der Waals surface area contributed by atoms with Crippen molar-refractivity contribution in [2.45, 2.75) is 13.5 Å². The first-order chi connectivity index (χ1) is 14.3. The van der Waals surface area contributed by atoms with Gasteiger partial charge in [0.05, 0.1) is 29.7 Å². The topological polar surface area (TPSA) is 119 Å². The molecule has 9 heteroatoms. The fraction of sp³-hybridized carbons (Fsp3) is 0.143. The molecule has 0 saturated heterocycles. The van der Waals surface area contributed by atoms with Crippen molar-refractivity contribution in [2.24, 2.45) is 5.73 Å². The Bertz CT molecular complexity index is 1090. The van der Waals surface area contributed by atoms with Crippen LogP contribution in [0.1, 0.15) is 32.0 Å². The van der Waals surface area contributed by atoms with E-state index in [4.69, 9.17) is 17.3 Å². The first-order valence-electron chi connectivity index (χ1n) is 9.09. The third-order valence-electron chi connectivity index (χ3n) is 4.40. The molecule has 0 aliphatic rings. The van der Waals surface area contributed by atoms with Crippen LogP contribution in [0, 0.1) is 6.92 Å². The van der Waals surface area contributed by atoms with Gasteiger partial charge in [0.1, 0.15) is 0 Å². The normalized spacial score (nSPS) is 10.5. The molecule has 0 aliphatic heterocycles. The van der Waals surface area contributed by atoms with Crippen molar-refractivity contribution < 1.29 is 14.4 Å². The largest absolute Gasteiger partial charge is 0.368 e. The fourth-order valence-electron chi connectivity index (χ4n) is 2.82. The average Bonchev–Trinajstić information content (AvgIpc) is 3.12. The summed E-state index contributed by atoms with van der Waals surface area (Å²) in [6.07, 6.45) is 1.51. The summed E-state index contributed by atoms with van der Waals surface area (Å²) in [6, 6.07) is 13.9. The van der Waals surface area contributed by atoms with Gasteiger partial charge in [-0.3, -0.25) is 14.4 Å². The Morgan fingerprint density at radius 1 is 1.07 bits per heavy atom. The number of nitrogens with zero attached hydrogens (tertiary/aromatic N) is 2. The van der Waals surface area contributed by atoms with Gasteiger partial charge in [-0.1, -0.05) is 29.8 Å². The fourth-order valence-corrected chi connectivity index (χ4v) is 3.01. The Hall–Kier alpha value is -3.65. The monoisotopic (exact) mass is 425 g/mol. The molecule has 0 atom stereocenters. The third kappa shape index (κ3) is 5.03. The van der Waals surface area contributed by atoms with Gasteiger partial charge >= 0.3 is 0 Å². The van der Waals surface area contributed by atoms with Crippen molar-refractivity contribution in [2.75, 3.05) is 6.54 Å². The molecule has 154 valence electrons. The minimum absolute atomic E-state index is 0.223. The maximum absolute atomic E-state index is 12.6. The van der Waals surface area contributed by atoms with Gasteiger partial charge in [-0.2, -0.15) is 5.10 Å². The van der Waals surface area contributed by atoms with Crippen LogP contribution >= 0.6 is 11.6 Å². The van der Waals surface area contributed by atoms with Crippen LogP contribution in [0.4, 0.5) is 0 Å². The smallest absolute Gasteiger partial charge is 0.255 e. The second-order valence-electron chi connectivity index (χ2n) is 6.56. The van der Waals surface area contributed by atoms with Gasteiger partial charge in [-0.15, -0.1) is 0 Å². The van der Waals surface area contributed by atoms with E-state index in [9.17, 15) is 14.4 Å². The van der Waals surface area contributed by atoms with Gasteiger partial charge in [0.2, 0.25) is 5.91 Å². The number of nitrogens with two attached hydrogens (primary N) is 1. The predicted molar refractivity (Wildman–Crippen MR) is 112 cm³/mol. The van der Waals surface area contributed by atoms with Crippen LogP contribution in [0.25, 0.3) is 5.69 Å². The number of primary amides is 1. The Morgan fingerprint density at radius 3 is 2.47 bits per heavy atom. The van der Waals surface area contributed by atoms with Gasteiger partial charge < -0.3 is 16.4 Å². The number of benzene rings is 2. The molecule has 30 heavy (non-hydrogen) atoms. The third-order valence-corrected chi connectivity index (χ3v) is 4.63. The van der Waals surface area contributed by atoms with E-state index < -0.39 is 11.8 Å². The molecule has 1 aromatic heterocycles. The Balaban J connectivity index is 1.62. The number of amides is 3. The standard InChI is InChI=1S/C21H20ClN5O3/c1-13-18(11-26-27(13)17-4-2-3-16(22)9-17)21(30)24-10-14-5-7-15(8-6-14)20(29)25-12-19(23)28/h2-9,11H,10,12H2,1H3,(H2,23,28)(H,24,30)(H,25,29). The second kappa shape index (κ2) is 9.23. The van der Waals surface area contributed by atoms with E-state index in [1.165, 1.54) is 6.20 Å². The first kappa shape index (κ1) is 21.1. The summed E-state index contributed by atoms with van der Waals surface area (Å²) in [6.45, 7) is 1.87. The van der Waals surface area contributed by atoms with Crippen LogP contribution in [0.5, 0.6) is 0 Å². The molecule has 0 spiro atoms. The maximum atomic E-state index is 12.6. The minimum atomic E-state index is -0.614. The number of nitrogens with one attached hydrogen (secondary N) is 2. The zero-order chi connectivity index (χ0) is 21.7. The van der Waals surface area contributed by atoms with E-state index in [2.05, 4.69) is 15.7 Å². The lowest BCUT2D eigenvalue weighted by atomic mass is 10.1. The molecule has 0 saturated carbocycles. The minimum Gasteiger partial charge on any atom is -0.368 e. The molecule has 0 bridgehead atoms. The van der Waals surface area contributed by atoms with Crippen molar-refractivity contribution in [1.29, 1.82) is 0 Å². The molecule has 1 heterocycles. The summed E-state index contributed by atoms with van der Waals surface area (Å²) in [5, 5.41) is 10.1. The van der Waals surface area contributed by atoms with Gasteiger partial charge in [0, 0.05) is 17.1 Å². The van der Waals surface area contributed by atoms with Gasteiger partial charge in [-0.25, -0.2) is 4.68 Å². The van der Waals surface area contributed by atoms with Crippen molar-refractivity contribution >= 4 is 29.3 Å². The zero-order valence-electron chi connectivity index (χ0n) is 16.2. The predicted octanol–water partition coefficient (Wildman–Crippen LogP) is 1.98. The average molecular weight is 426 g/mol. The number of hydrogen-bond donors (Lipinski definition) is 3. The van der Waals surface area contributed by atoms with Crippen LogP contribution in [-0.4, -0.2) is 34.0 Å². The Labute approximate surface area is 178 Å². The summed E-state index contributed by atoms with van der Waals surface area (Å²) in [5.74, 6) is -1.27. The highest BCUT2D eigenvalue weighted by Crippen LogP contribution is 2.18. The van der Waals surface area contributed by atoms with Crippen LogP contribution in [-0.2, 0) is 11.3 Å². The molecule has 8 nitrogen and oxygen atoms in total. The number of halogens is 1. The summed E-state index contributed by atoms with van der Waals surface area (Å²) in [7, 11) is 0. The SMILES string of the molecule is Cc1c(C(=O)NCc2ccc(C(=O)NCC(N)=O)cc2)cnn1-c1cccc(Cl)c1. The highest BCUT2D eigenvalue weighted by molar-refractivity contribution is 6.30. The van der Waals surface area contributed by atoms with Gasteiger partial charge in [0.25, 0.3) is 11.8 Å². The molecule has 0 fully saturated rings. The van der Waals surface area contributed by atoms with Gasteiger partial charge in [-0.05, 0) is 42.8 Å². The van der Waals surface area contributed by atoms with Crippen molar-refractivity contribution in [1.82, 2.24) is 20.4 Å². The molecule has 3 amide bonds. The van der Waals surface area contributed by atoms with Gasteiger partial charge in [0.15, 0.2) is 0 Å². The van der Waals surface area contributed by atoms with E-state index in [-0.39, 0.29) is 19.0 Å². The van der Waals surface area contributed by atoms with E-state index in [0.29, 0.717) is 21.8 Å². The number of rotatable bonds is 7. The lowest BCUT2D eigenvalue weighted by Gasteiger charge is -2.08. The highest BCUT2D eigenvalue weighted by atomic mass is 35.5. The molecule has 2 aromatic carbocycles.